The molecule has 8 nitrogen and oxygen atoms in total. The van der Waals surface area contributed by atoms with Gasteiger partial charge in [-0.3, -0.25) is 14.5 Å². The van der Waals surface area contributed by atoms with E-state index in [4.69, 9.17) is 4.74 Å². The molecular formula is C19H31N5O3. The van der Waals surface area contributed by atoms with Gasteiger partial charge in [0.15, 0.2) is 0 Å². The summed E-state index contributed by atoms with van der Waals surface area (Å²) >= 11 is 0. The molecule has 1 amide bonds. The smallest absolute Gasteiger partial charge is 0.268 e. The highest BCUT2D eigenvalue weighted by atomic mass is 16.5. The molecule has 3 rings (SSSR count). The van der Waals surface area contributed by atoms with Crippen molar-refractivity contribution >= 4 is 11.6 Å². The summed E-state index contributed by atoms with van der Waals surface area (Å²) in [6.07, 6.45) is 4.38. The van der Waals surface area contributed by atoms with E-state index < -0.39 is 0 Å². The summed E-state index contributed by atoms with van der Waals surface area (Å²) in [5.41, 5.74) is 0.792. The Morgan fingerprint density at radius 3 is 2.89 bits per heavy atom. The van der Waals surface area contributed by atoms with E-state index in [0.717, 1.165) is 64.5 Å². The topological polar surface area (TPSA) is 79.7 Å². The third kappa shape index (κ3) is 5.77. The first-order chi connectivity index (χ1) is 13.2. The molecule has 8 heteroatoms. The van der Waals surface area contributed by atoms with Crippen LogP contribution in [0.5, 0.6) is 0 Å². The van der Waals surface area contributed by atoms with Crippen LogP contribution in [0.3, 0.4) is 0 Å². The average molecular weight is 377 g/mol. The number of amides is 1. The summed E-state index contributed by atoms with van der Waals surface area (Å²) < 4.78 is 6.79. The molecule has 0 saturated carbocycles. The number of aryl methyl sites for hydroxylation is 1. The molecule has 0 bridgehead atoms. The Hall–Kier alpha value is -1.93. The van der Waals surface area contributed by atoms with Crippen LogP contribution >= 0.6 is 0 Å². The SMILES string of the molecule is CCn1ncc(N2CCCC(CC(=O)NCCN3CCOCC3)C2)cc1=O. The first-order valence-electron chi connectivity index (χ1n) is 10.0. The first-order valence-corrected chi connectivity index (χ1v) is 10.0. The van der Waals surface area contributed by atoms with Gasteiger partial charge >= 0.3 is 0 Å². The Balaban J connectivity index is 1.44. The van der Waals surface area contributed by atoms with E-state index in [0.29, 0.717) is 25.4 Å². The number of ether oxygens (including phenoxy) is 1. The molecular weight excluding hydrogens is 346 g/mol. The van der Waals surface area contributed by atoms with Crippen LogP contribution in [0.25, 0.3) is 0 Å². The van der Waals surface area contributed by atoms with Crippen LogP contribution in [0, 0.1) is 5.92 Å². The number of piperidine rings is 1. The van der Waals surface area contributed by atoms with E-state index in [1.165, 1.54) is 4.68 Å². The second kappa shape index (κ2) is 9.85. The van der Waals surface area contributed by atoms with Gasteiger partial charge in [-0.05, 0) is 25.7 Å². The highest BCUT2D eigenvalue weighted by Gasteiger charge is 2.23. The van der Waals surface area contributed by atoms with Crippen LogP contribution in [0.1, 0.15) is 26.2 Å². The molecule has 0 aromatic carbocycles. The summed E-state index contributed by atoms with van der Waals surface area (Å²) in [7, 11) is 0. The van der Waals surface area contributed by atoms with Crippen molar-refractivity contribution in [2.45, 2.75) is 32.7 Å². The summed E-state index contributed by atoms with van der Waals surface area (Å²) in [6, 6.07) is 1.65. The molecule has 0 spiro atoms. The molecule has 0 aliphatic carbocycles. The highest BCUT2D eigenvalue weighted by Crippen LogP contribution is 2.23. The monoisotopic (exact) mass is 377 g/mol. The molecule has 2 saturated heterocycles. The number of aromatic nitrogens is 2. The van der Waals surface area contributed by atoms with Crippen LogP contribution in [0.4, 0.5) is 5.69 Å². The molecule has 0 radical (unpaired) electrons. The minimum atomic E-state index is -0.0713. The number of nitrogens with zero attached hydrogens (tertiary/aromatic N) is 4. The number of morpholine rings is 1. The normalized spacial score (nSPS) is 21.2. The largest absolute Gasteiger partial charge is 0.379 e. The lowest BCUT2D eigenvalue weighted by Crippen LogP contribution is -2.42. The maximum atomic E-state index is 12.3. The van der Waals surface area contributed by atoms with Gasteiger partial charge in [0.2, 0.25) is 5.91 Å². The molecule has 2 fully saturated rings. The van der Waals surface area contributed by atoms with Gasteiger partial charge in [-0.1, -0.05) is 0 Å². The van der Waals surface area contributed by atoms with Crippen LogP contribution in [-0.4, -0.2) is 73.1 Å². The van der Waals surface area contributed by atoms with E-state index in [1.807, 2.05) is 6.92 Å². The second-order valence-electron chi connectivity index (χ2n) is 7.33. The number of carbonyl (C=O) groups is 1. The average Bonchev–Trinajstić information content (AvgIpc) is 2.69. The zero-order valence-corrected chi connectivity index (χ0v) is 16.2. The molecule has 1 atom stereocenters. The summed E-state index contributed by atoms with van der Waals surface area (Å²) in [4.78, 5) is 28.8. The summed E-state index contributed by atoms with van der Waals surface area (Å²) in [5, 5.41) is 7.26. The number of carbonyl (C=O) groups excluding carboxylic acids is 1. The van der Waals surface area contributed by atoms with Crippen LogP contribution in [-0.2, 0) is 16.1 Å². The fourth-order valence-electron chi connectivity index (χ4n) is 3.81. The van der Waals surface area contributed by atoms with E-state index >= 15 is 0 Å². The van der Waals surface area contributed by atoms with E-state index in [-0.39, 0.29) is 11.5 Å². The first kappa shape index (κ1) is 19.8. The van der Waals surface area contributed by atoms with Gasteiger partial charge in [0.1, 0.15) is 0 Å². The fourth-order valence-corrected chi connectivity index (χ4v) is 3.81. The Morgan fingerprint density at radius 2 is 2.15 bits per heavy atom. The van der Waals surface area contributed by atoms with Gasteiger partial charge in [-0.2, -0.15) is 5.10 Å². The van der Waals surface area contributed by atoms with Crippen LogP contribution in [0.2, 0.25) is 0 Å². The van der Waals surface area contributed by atoms with Crippen molar-refractivity contribution in [1.29, 1.82) is 0 Å². The molecule has 2 aliphatic heterocycles. The van der Waals surface area contributed by atoms with Crippen molar-refractivity contribution < 1.29 is 9.53 Å². The van der Waals surface area contributed by atoms with Crippen molar-refractivity contribution in [2.75, 3.05) is 57.4 Å². The van der Waals surface area contributed by atoms with Gasteiger partial charge < -0.3 is 15.0 Å². The zero-order chi connectivity index (χ0) is 19.1. The predicted molar refractivity (Wildman–Crippen MR) is 104 cm³/mol. The van der Waals surface area contributed by atoms with Gasteiger partial charge in [0.05, 0.1) is 25.1 Å². The number of anilines is 1. The maximum absolute atomic E-state index is 12.3. The quantitative estimate of drug-likeness (QED) is 0.737. The summed E-state index contributed by atoms with van der Waals surface area (Å²) in [5.74, 6) is 0.436. The van der Waals surface area contributed by atoms with E-state index in [1.54, 1.807) is 12.3 Å². The van der Waals surface area contributed by atoms with Crippen molar-refractivity contribution in [3.8, 4) is 0 Å². The van der Waals surface area contributed by atoms with Gasteiger partial charge in [0.25, 0.3) is 5.56 Å². The van der Waals surface area contributed by atoms with Crippen LogP contribution in [0.15, 0.2) is 17.1 Å². The minimum Gasteiger partial charge on any atom is -0.379 e. The molecule has 1 N–H and O–H groups in total. The number of hydrogen-bond acceptors (Lipinski definition) is 6. The number of rotatable bonds is 7. The van der Waals surface area contributed by atoms with Crippen molar-refractivity contribution in [3.05, 3.63) is 22.6 Å². The standard InChI is InChI=1S/C19H31N5O3/c1-2-24-19(26)13-17(14-21-24)23-6-3-4-16(15-23)12-18(25)20-5-7-22-8-10-27-11-9-22/h13-14,16H,2-12,15H2,1H3,(H,20,25). The molecule has 27 heavy (non-hydrogen) atoms. The lowest BCUT2D eigenvalue weighted by Gasteiger charge is -2.34. The molecule has 150 valence electrons. The third-order valence-electron chi connectivity index (χ3n) is 5.37. The van der Waals surface area contributed by atoms with Gasteiger partial charge in [-0.25, -0.2) is 4.68 Å². The molecule has 2 aliphatic rings. The third-order valence-corrected chi connectivity index (χ3v) is 5.37. The number of nitrogens with one attached hydrogen (secondary N) is 1. The Kier molecular flexibility index (Phi) is 7.23. The predicted octanol–water partition coefficient (Wildman–Crippen LogP) is 0.318. The Labute approximate surface area is 160 Å². The Bertz CT molecular complexity index is 672. The van der Waals surface area contributed by atoms with Crippen LogP contribution < -0.4 is 15.8 Å². The van der Waals surface area contributed by atoms with E-state index in [2.05, 4.69) is 20.2 Å². The Morgan fingerprint density at radius 1 is 1.33 bits per heavy atom. The van der Waals surface area contributed by atoms with Crippen molar-refractivity contribution in [2.24, 2.45) is 5.92 Å². The molecule has 3 heterocycles. The van der Waals surface area contributed by atoms with Gasteiger partial charge in [0, 0.05) is 58.3 Å². The zero-order valence-electron chi connectivity index (χ0n) is 16.2. The van der Waals surface area contributed by atoms with Crippen molar-refractivity contribution in [3.63, 3.8) is 0 Å². The number of hydrogen-bond donors (Lipinski definition) is 1. The fraction of sp³-hybridized carbons (Fsp3) is 0.737. The van der Waals surface area contributed by atoms with Gasteiger partial charge in [-0.15, -0.1) is 0 Å². The lowest BCUT2D eigenvalue weighted by atomic mass is 9.94. The second-order valence-corrected chi connectivity index (χ2v) is 7.33. The molecule has 1 aromatic heterocycles. The minimum absolute atomic E-state index is 0.0713. The van der Waals surface area contributed by atoms with Crippen molar-refractivity contribution in [1.82, 2.24) is 20.0 Å². The lowest BCUT2D eigenvalue weighted by molar-refractivity contribution is -0.122. The van der Waals surface area contributed by atoms with E-state index in [9.17, 15) is 9.59 Å². The molecule has 1 aromatic rings. The highest BCUT2D eigenvalue weighted by molar-refractivity contribution is 5.76. The maximum Gasteiger partial charge on any atom is 0.268 e. The molecule has 1 unspecified atom stereocenters. The summed E-state index contributed by atoms with van der Waals surface area (Å²) in [6.45, 7) is 9.21.